The Kier molecular flexibility index (Phi) is 4.90. The Morgan fingerprint density at radius 1 is 0.381 bits per heavy atom. The Bertz CT molecular complexity index is 2430. The Morgan fingerprint density at radius 2 is 0.905 bits per heavy atom. The number of pyridine rings is 1. The summed E-state index contributed by atoms with van der Waals surface area (Å²) in [6, 6.07) is 52.1. The molecule has 0 unspecified atom stereocenters. The third-order valence-electron chi connectivity index (χ3n) is 8.51. The van der Waals surface area contributed by atoms with E-state index < -0.39 is 0 Å². The second-order valence-electron chi connectivity index (χ2n) is 10.9. The van der Waals surface area contributed by atoms with Crippen LogP contribution < -0.4 is 0 Å². The minimum Gasteiger partial charge on any atom is -0.309 e. The van der Waals surface area contributed by atoms with E-state index in [1.54, 1.807) is 0 Å². The smallest absolute Gasteiger partial charge is 0.0703 e. The normalized spacial score (nSPS) is 11.8. The molecule has 42 heavy (non-hydrogen) atoms. The predicted molar refractivity (Wildman–Crippen MR) is 176 cm³/mol. The van der Waals surface area contributed by atoms with E-state index in [1.165, 1.54) is 60.1 Å². The monoisotopic (exact) mass is 535 g/mol. The largest absolute Gasteiger partial charge is 0.309 e. The van der Waals surface area contributed by atoms with Gasteiger partial charge < -0.3 is 9.13 Å². The van der Waals surface area contributed by atoms with Crippen molar-refractivity contribution in [3.63, 3.8) is 0 Å². The Hall–Kier alpha value is -5.67. The zero-order valence-corrected chi connectivity index (χ0v) is 22.8. The molecular weight excluding hydrogens is 510 g/mol. The highest BCUT2D eigenvalue weighted by molar-refractivity contribution is 6.18. The van der Waals surface area contributed by atoms with Crippen molar-refractivity contribution in [1.82, 2.24) is 14.1 Å². The van der Waals surface area contributed by atoms with Gasteiger partial charge in [0.15, 0.2) is 0 Å². The molecule has 3 heteroatoms. The molecule has 3 aromatic heterocycles. The van der Waals surface area contributed by atoms with Crippen LogP contribution in [0.4, 0.5) is 0 Å². The molecule has 6 aromatic carbocycles. The molecule has 0 aliphatic carbocycles. The van der Waals surface area contributed by atoms with E-state index in [4.69, 9.17) is 4.98 Å². The second-order valence-corrected chi connectivity index (χ2v) is 10.9. The first-order valence-corrected chi connectivity index (χ1v) is 14.3. The number of rotatable bonds is 3. The molecule has 0 saturated carbocycles. The predicted octanol–water partition coefficient (Wildman–Crippen LogP) is 10.1. The van der Waals surface area contributed by atoms with Crippen LogP contribution in [0.15, 0.2) is 152 Å². The molecule has 9 rings (SSSR count). The van der Waals surface area contributed by atoms with Crippen LogP contribution in [0.1, 0.15) is 0 Å². The minimum atomic E-state index is 0.975. The van der Waals surface area contributed by atoms with Crippen LogP contribution in [-0.4, -0.2) is 14.1 Å². The van der Waals surface area contributed by atoms with E-state index in [-0.39, 0.29) is 0 Å². The van der Waals surface area contributed by atoms with Crippen LogP contribution in [0.2, 0.25) is 0 Å². The summed E-state index contributed by atoms with van der Waals surface area (Å²) >= 11 is 0. The molecule has 3 heterocycles. The standard InChI is InChI=1S/C39H25N3/c1-3-11-26(12-4-1)35-20-19-30(25-40-35)42-37-18-10-8-16-32(37)34-22-27-23-38-33(21-28(27)24-39(34)42)31-15-7-9-17-36(31)41(38)29-13-5-2-6-14-29/h1-25H. The van der Waals surface area contributed by atoms with Crippen LogP contribution in [-0.2, 0) is 0 Å². The maximum absolute atomic E-state index is 4.86. The van der Waals surface area contributed by atoms with Crippen molar-refractivity contribution in [3.8, 4) is 22.6 Å². The Balaban J connectivity index is 1.32. The summed E-state index contributed by atoms with van der Waals surface area (Å²) in [5.74, 6) is 0. The van der Waals surface area contributed by atoms with E-state index in [2.05, 4.69) is 149 Å². The first kappa shape index (κ1) is 23.1. The Labute approximate surface area is 242 Å². The highest BCUT2D eigenvalue weighted by atomic mass is 15.0. The number of hydrogen-bond acceptors (Lipinski definition) is 1. The second kappa shape index (κ2) is 8.92. The number of nitrogens with zero attached hydrogens (tertiary/aromatic N) is 3. The minimum absolute atomic E-state index is 0.975. The zero-order chi connectivity index (χ0) is 27.6. The molecule has 0 aliphatic rings. The van der Waals surface area contributed by atoms with Crippen molar-refractivity contribution in [2.45, 2.75) is 0 Å². The molecule has 0 atom stereocenters. The SMILES string of the molecule is c1ccc(-c2ccc(-n3c4ccccc4c4cc5cc6c(cc5cc43)c3ccccc3n6-c3ccccc3)cn2)cc1. The molecule has 0 saturated heterocycles. The summed E-state index contributed by atoms with van der Waals surface area (Å²) in [4.78, 5) is 4.86. The highest BCUT2D eigenvalue weighted by Crippen LogP contribution is 2.39. The lowest BCUT2D eigenvalue weighted by Crippen LogP contribution is -1.95. The van der Waals surface area contributed by atoms with Gasteiger partial charge in [-0.3, -0.25) is 4.98 Å². The molecule has 0 aliphatic heterocycles. The number of para-hydroxylation sites is 3. The van der Waals surface area contributed by atoms with Crippen molar-refractivity contribution in [2.24, 2.45) is 0 Å². The molecule has 3 nitrogen and oxygen atoms in total. The van der Waals surface area contributed by atoms with Crippen LogP contribution >= 0.6 is 0 Å². The van der Waals surface area contributed by atoms with E-state index in [0.717, 1.165) is 16.9 Å². The van der Waals surface area contributed by atoms with Gasteiger partial charge in [-0.15, -0.1) is 0 Å². The maximum atomic E-state index is 4.86. The summed E-state index contributed by atoms with van der Waals surface area (Å²) in [5.41, 5.74) is 9.13. The average molecular weight is 536 g/mol. The zero-order valence-electron chi connectivity index (χ0n) is 22.8. The van der Waals surface area contributed by atoms with Crippen LogP contribution in [0.5, 0.6) is 0 Å². The maximum Gasteiger partial charge on any atom is 0.0703 e. The van der Waals surface area contributed by atoms with E-state index in [0.29, 0.717) is 0 Å². The Morgan fingerprint density at radius 3 is 1.48 bits per heavy atom. The van der Waals surface area contributed by atoms with Gasteiger partial charge in [-0.25, -0.2) is 0 Å². The van der Waals surface area contributed by atoms with Gasteiger partial charge in [-0.05, 0) is 71.4 Å². The molecule has 0 spiro atoms. The fourth-order valence-corrected chi connectivity index (χ4v) is 6.61. The summed E-state index contributed by atoms with van der Waals surface area (Å²) in [7, 11) is 0. The topological polar surface area (TPSA) is 22.8 Å². The summed E-state index contributed by atoms with van der Waals surface area (Å²) < 4.78 is 4.74. The lowest BCUT2D eigenvalue weighted by Gasteiger charge is -2.10. The van der Waals surface area contributed by atoms with Gasteiger partial charge in [0.2, 0.25) is 0 Å². The first-order chi connectivity index (χ1) is 20.8. The van der Waals surface area contributed by atoms with Crippen molar-refractivity contribution < 1.29 is 0 Å². The third-order valence-corrected chi connectivity index (χ3v) is 8.51. The lowest BCUT2D eigenvalue weighted by molar-refractivity contribution is 1.14. The molecule has 0 amide bonds. The molecule has 0 radical (unpaired) electrons. The van der Waals surface area contributed by atoms with E-state index in [9.17, 15) is 0 Å². The number of hydrogen-bond donors (Lipinski definition) is 0. The van der Waals surface area contributed by atoms with Gasteiger partial charge in [0, 0.05) is 32.8 Å². The third kappa shape index (κ3) is 3.37. The van der Waals surface area contributed by atoms with Gasteiger partial charge in [-0.2, -0.15) is 0 Å². The number of benzene rings is 6. The van der Waals surface area contributed by atoms with Gasteiger partial charge >= 0.3 is 0 Å². The quantitative estimate of drug-likeness (QED) is 0.221. The van der Waals surface area contributed by atoms with Crippen molar-refractivity contribution in [3.05, 3.63) is 152 Å². The fourth-order valence-electron chi connectivity index (χ4n) is 6.61. The van der Waals surface area contributed by atoms with Gasteiger partial charge in [-0.1, -0.05) is 84.9 Å². The molecule has 0 fully saturated rings. The molecule has 9 aromatic rings. The first-order valence-electron chi connectivity index (χ1n) is 14.3. The molecular formula is C39H25N3. The summed E-state index contributed by atoms with van der Waals surface area (Å²) in [6.45, 7) is 0. The van der Waals surface area contributed by atoms with Gasteiger partial charge in [0.05, 0.1) is 39.6 Å². The van der Waals surface area contributed by atoms with Crippen molar-refractivity contribution >= 4 is 54.4 Å². The molecule has 0 N–H and O–H groups in total. The van der Waals surface area contributed by atoms with Crippen molar-refractivity contribution in [2.75, 3.05) is 0 Å². The lowest BCUT2D eigenvalue weighted by atomic mass is 10.0. The van der Waals surface area contributed by atoms with E-state index in [1.807, 2.05) is 12.3 Å². The summed E-state index contributed by atoms with van der Waals surface area (Å²) in [5, 5.41) is 7.47. The number of fused-ring (bicyclic) bond motifs is 7. The van der Waals surface area contributed by atoms with Gasteiger partial charge in [0.1, 0.15) is 0 Å². The fraction of sp³-hybridized carbons (Fsp3) is 0. The van der Waals surface area contributed by atoms with Gasteiger partial charge in [0.25, 0.3) is 0 Å². The van der Waals surface area contributed by atoms with Crippen LogP contribution in [0, 0.1) is 0 Å². The number of aromatic nitrogens is 3. The van der Waals surface area contributed by atoms with Crippen molar-refractivity contribution in [1.29, 1.82) is 0 Å². The molecule has 0 bridgehead atoms. The highest BCUT2D eigenvalue weighted by Gasteiger charge is 2.17. The van der Waals surface area contributed by atoms with Crippen LogP contribution in [0.25, 0.3) is 77.0 Å². The van der Waals surface area contributed by atoms with E-state index >= 15 is 0 Å². The summed E-state index contributed by atoms with van der Waals surface area (Å²) in [6.07, 6.45) is 2.00. The molecule has 196 valence electrons. The average Bonchev–Trinajstić information content (AvgIpc) is 3.55. The van der Waals surface area contributed by atoms with Crippen LogP contribution in [0.3, 0.4) is 0 Å².